The number of hydrogen-bond acceptors (Lipinski definition) is 16. The third-order valence-electron chi connectivity index (χ3n) is 22.0. The molecule has 0 aromatic heterocycles. The number of hydrogen-bond donors (Lipinski definition) is 10. The first-order valence-electron chi connectivity index (χ1n) is 42.5. The summed E-state index contributed by atoms with van der Waals surface area (Å²) < 4.78 is 69.2. The van der Waals surface area contributed by atoms with E-state index in [1.54, 1.807) is 54.6 Å². The third kappa shape index (κ3) is 26.5. The number of amides is 8. The molecule has 678 valence electrons. The number of halogens is 4. The minimum Gasteiger partial charge on any atom is -0.423 e. The van der Waals surface area contributed by atoms with Gasteiger partial charge in [-0.1, -0.05) is 210 Å². The fraction of sp³-hybridized carbons (Fsp3) is 0.411. The van der Waals surface area contributed by atoms with Gasteiger partial charge in [-0.05, 0) is 210 Å². The molecule has 2 aliphatic heterocycles. The minimum atomic E-state index is -1.85. The standard InChI is InChI=1S/2C24H30BFN2O4.C24H32BFN2O4.C23H30BFN2O4/c1-7-20(24(4,5)6)28(23(30)16-11-14(2)10-15(3)12-16)27-22(29)17-8-9-19-18(21(17)26)13-32-25(19)31;1-7-19(24(4,5)6)28(23(30)17-11-14(2)10-15(3)12-17)27-22(29)18-9-8-16-13-32-25(31)20(16)21(18)26;1-7-8-21(24(4,5)6)28(23(30)17-12-15(2)11-16(3)13-17)27-22(29)19-10-9-18(25(31)32)14-20(19)26;1-7-20(23(4,5)6)27(22(29)16-11-14(2)10-15(3)12-16)26-21(28)18-9-8-17(24(30)31)13-19(18)25/h8-12,20,31H,7,13H2,1-6H3,(H,27,29);8-12,19,31H,7,13H2,1-6H3,(H,27,29);9-14,21,31-32H,7-8H2,1-6H3,(H,27,29);8-13,20,30-31H,7H2,1-6H3,(H,26,28)/t20-;19-;21-;20-/m1111/s1. The van der Waals surface area contributed by atoms with Crippen LogP contribution in [0, 0.1) is 100 Å². The molecule has 0 saturated heterocycles. The average molecular weight is 1750 g/mol. The van der Waals surface area contributed by atoms with Gasteiger partial charge in [0.15, 0.2) is 0 Å². The van der Waals surface area contributed by atoms with Crippen LogP contribution in [-0.4, -0.2) is 150 Å². The van der Waals surface area contributed by atoms with E-state index < -0.39 is 75.4 Å². The van der Waals surface area contributed by atoms with Crippen molar-refractivity contribution in [3.63, 3.8) is 0 Å². The van der Waals surface area contributed by atoms with Crippen LogP contribution in [0.5, 0.6) is 0 Å². The van der Waals surface area contributed by atoms with Crippen LogP contribution in [0.3, 0.4) is 0 Å². The molecule has 8 aromatic carbocycles. The van der Waals surface area contributed by atoms with Gasteiger partial charge in [0.05, 0.1) is 59.6 Å². The summed E-state index contributed by atoms with van der Waals surface area (Å²) in [6.45, 7) is 46.7. The molecule has 4 atom stereocenters. The first kappa shape index (κ1) is 103. The van der Waals surface area contributed by atoms with Crippen molar-refractivity contribution in [2.45, 2.75) is 236 Å². The summed E-state index contributed by atoms with van der Waals surface area (Å²) in [5.41, 5.74) is 18.1. The number of hydrazine groups is 4. The third-order valence-corrected chi connectivity index (χ3v) is 22.0. The van der Waals surface area contributed by atoms with Crippen molar-refractivity contribution in [2.75, 3.05) is 0 Å². The number of carbonyl (C=O) groups excluding carboxylic acids is 8. The van der Waals surface area contributed by atoms with Crippen LogP contribution in [0.1, 0.15) is 281 Å². The number of benzene rings is 8. The summed E-state index contributed by atoms with van der Waals surface area (Å²) in [6.07, 6.45) is 3.16. The Kier molecular flexibility index (Phi) is 35.2. The topological polar surface area (TPSA) is 337 Å². The van der Waals surface area contributed by atoms with Crippen molar-refractivity contribution in [1.82, 2.24) is 41.7 Å². The molecule has 24 nitrogen and oxygen atoms in total. The maximum Gasteiger partial charge on any atom is 0.494 e. The maximum absolute atomic E-state index is 15.1. The lowest BCUT2D eigenvalue weighted by molar-refractivity contribution is 0.0269. The van der Waals surface area contributed by atoms with Gasteiger partial charge in [0.1, 0.15) is 23.3 Å². The zero-order valence-corrected chi connectivity index (χ0v) is 77.3. The van der Waals surface area contributed by atoms with Crippen LogP contribution in [0.15, 0.2) is 133 Å². The van der Waals surface area contributed by atoms with E-state index >= 15 is 8.78 Å². The molecular weight excluding hydrogens is 1630 g/mol. The molecular formula is C95H122B4F4N8O16. The molecule has 2 aliphatic rings. The van der Waals surface area contributed by atoms with Crippen LogP contribution in [-0.2, 0) is 22.5 Å². The van der Waals surface area contributed by atoms with Crippen LogP contribution in [0.25, 0.3) is 0 Å². The van der Waals surface area contributed by atoms with E-state index in [1.165, 1.54) is 56.4 Å². The summed E-state index contributed by atoms with van der Waals surface area (Å²) >= 11 is 0. The second-order valence-electron chi connectivity index (χ2n) is 37.1. The minimum absolute atomic E-state index is 0.0345. The molecule has 127 heavy (non-hydrogen) atoms. The molecule has 10 N–H and O–H groups in total. The van der Waals surface area contributed by atoms with Gasteiger partial charge in [0.25, 0.3) is 47.3 Å². The molecule has 0 aliphatic carbocycles. The van der Waals surface area contributed by atoms with E-state index in [0.717, 1.165) is 69.1 Å². The van der Waals surface area contributed by atoms with E-state index in [2.05, 4.69) is 21.7 Å². The predicted molar refractivity (Wildman–Crippen MR) is 487 cm³/mol. The van der Waals surface area contributed by atoms with Gasteiger partial charge in [-0.15, -0.1) is 0 Å². The molecule has 8 aromatic rings. The zero-order valence-electron chi connectivity index (χ0n) is 77.3. The first-order chi connectivity index (χ1) is 59.1. The Morgan fingerprint density at radius 1 is 0.378 bits per heavy atom. The molecule has 0 radical (unpaired) electrons. The van der Waals surface area contributed by atoms with E-state index in [-0.39, 0.29) is 127 Å². The maximum atomic E-state index is 15.1. The Morgan fingerprint density at radius 2 is 0.654 bits per heavy atom. The molecule has 0 fully saturated rings. The van der Waals surface area contributed by atoms with E-state index in [4.69, 9.17) is 9.31 Å². The van der Waals surface area contributed by atoms with Crippen molar-refractivity contribution < 1.29 is 95.4 Å². The highest BCUT2D eigenvalue weighted by atomic mass is 19.1. The van der Waals surface area contributed by atoms with E-state index in [1.807, 2.05) is 190 Å². The fourth-order valence-electron chi connectivity index (χ4n) is 16.1. The summed E-state index contributed by atoms with van der Waals surface area (Å²) in [7, 11) is -6.31. The second kappa shape index (κ2) is 43.3. The summed E-state index contributed by atoms with van der Waals surface area (Å²) in [6, 6.07) is 32.9. The highest BCUT2D eigenvalue weighted by Crippen LogP contribution is 2.34. The van der Waals surface area contributed by atoms with Gasteiger partial charge in [-0.25, -0.2) is 37.6 Å². The van der Waals surface area contributed by atoms with Gasteiger partial charge in [-0.3, -0.25) is 60.1 Å². The SMILES string of the molecule is CCC[C@@H](N(NC(=O)c1ccc(B(O)O)cc1F)C(=O)c1cc(C)cc(C)c1)C(C)(C)C.CC[C@@H](N(NC(=O)c1ccc(B(O)O)cc1F)C(=O)c1cc(C)cc(C)c1)C(C)(C)C.CC[C@@H](N(NC(=O)c1ccc2c(c1F)B(O)OC2)C(=O)c1cc(C)cc(C)c1)C(C)(C)C.CC[C@@H](N(NC(=O)c1ccc2c(c1F)COB2O)C(=O)c1cc(C)cc(C)c1)C(C)(C)C. The molecule has 0 spiro atoms. The van der Waals surface area contributed by atoms with Crippen molar-refractivity contribution in [3.8, 4) is 0 Å². The monoisotopic (exact) mass is 1750 g/mol. The lowest BCUT2D eigenvalue weighted by Crippen LogP contribution is -2.56. The van der Waals surface area contributed by atoms with Crippen molar-refractivity contribution in [3.05, 3.63) is 257 Å². The highest BCUT2D eigenvalue weighted by molar-refractivity contribution is 6.62. The Bertz CT molecular complexity index is 5280. The molecule has 10 rings (SSSR count). The molecule has 2 heterocycles. The number of nitrogens with zero attached hydrogens (tertiary/aromatic N) is 4. The Labute approximate surface area is 745 Å². The van der Waals surface area contributed by atoms with Gasteiger partial charge < -0.3 is 39.5 Å². The van der Waals surface area contributed by atoms with Gasteiger partial charge in [-0.2, -0.15) is 0 Å². The average Bonchev–Trinajstić information content (AvgIpc) is 1.64. The van der Waals surface area contributed by atoms with Gasteiger partial charge in [0.2, 0.25) is 0 Å². The number of aryl methyl sites for hydroxylation is 8. The lowest BCUT2D eigenvalue weighted by atomic mass is 9.78. The van der Waals surface area contributed by atoms with Crippen LogP contribution in [0.2, 0.25) is 0 Å². The second-order valence-corrected chi connectivity index (χ2v) is 37.1. The number of rotatable bonds is 19. The Balaban J connectivity index is 0.000000232. The number of nitrogens with one attached hydrogen (secondary N) is 4. The molecule has 0 saturated carbocycles. The largest absolute Gasteiger partial charge is 0.494 e. The van der Waals surface area contributed by atoms with Crippen LogP contribution in [0.4, 0.5) is 17.6 Å². The molecule has 0 unspecified atom stereocenters. The van der Waals surface area contributed by atoms with Gasteiger partial charge in [0, 0.05) is 33.3 Å². The number of fused-ring (bicyclic) bond motifs is 2. The Morgan fingerprint density at radius 3 is 0.937 bits per heavy atom. The smallest absolute Gasteiger partial charge is 0.423 e. The van der Waals surface area contributed by atoms with Crippen molar-refractivity contribution in [1.29, 1.82) is 0 Å². The predicted octanol–water partition coefficient (Wildman–Crippen LogP) is 12.4. The highest BCUT2D eigenvalue weighted by Gasteiger charge is 2.42. The molecule has 0 bridgehead atoms. The van der Waals surface area contributed by atoms with Crippen LogP contribution < -0.4 is 43.6 Å². The number of carbonyl (C=O) groups is 8. The summed E-state index contributed by atoms with van der Waals surface area (Å²) in [5, 5.41) is 61.8. The molecule has 32 heteroatoms. The van der Waals surface area contributed by atoms with Crippen LogP contribution >= 0.6 is 0 Å². The summed E-state index contributed by atoms with van der Waals surface area (Å²) in [4.78, 5) is 106. The van der Waals surface area contributed by atoms with Gasteiger partial charge >= 0.3 is 28.5 Å². The lowest BCUT2D eigenvalue weighted by Gasteiger charge is -2.40. The summed E-state index contributed by atoms with van der Waals surface area (Å²) in [5.74, 6) is -7.96. The van der Waals surface area contributed by atoms with Crippen molar-refractivity contribution in [2.24, 2.45) is 21.7 Å². The molecule has 8 amide bonds. The van der Waals surface area contributed by atoms with E-state index in [0.29, 0.717) is 59.0 Å². The normalized spacial score (nSPS) is 13.2. The van der Waals surface area contributed by atoms with E-state index in [9.17, 15) is 77.3 Å². The van der Waals surface area contributed by atoms with Crippen molar-refractivity contribution >= 4 is 97.6 Å². The first-order valence-corrected chi connectivity index (χ1v) is 42.5. The zero-order chi connectivity index (χ0) is 95.3. The Hall–Kier alpha value is -10.8. The quantitative estimate of drug-likeness (QED) is 0.0204. The fourth-order valence-corrected chi connectivity index (χ4v) is 16.1.